The molecule has 4 aromatic rings. The van der Waals surface area contributed by atoms with Gasteiger partial charge in [-0.15, -0.1) is 0 Å². The van der Waals surface area contributed by atoms with E-state index in [2.05, 4.69) is 25.4 Å². The number of amides is 1. The fourth-order valence-corrected chi connectivity index (χ4v) is 3.60. The Morgan fingerprint density at radius 3 is 2.79 bits per heavy atom. The average molecular weight is 376 g/mol. The lowest BCUT2D eigenvalue weighted by atomic mass is 10.1. The van der Waals surface area contributed by atoms with Crippen LogP contribution in [0.4, 0.5) is 0 Å². The summed E-state index contributed by atoms with van der Waals surface area (Å²) in [7, 11) is 0. The highest BCUT2D eigenvalue weighted by atomic mass is 16.1. The van der Waals surface area contributed by atoms with Gasteiger partial charge in [0.15, 0.2) is 5.65 Å². The Hall–Kier alpha value is -3.22. The van der Waals surface area contributed by atoms with Crippen molar-refractivity contribution in [2.75, 3.05) is 0 Å². The predicted molar refractivity (Wildman–Crippen MR) is 108 cm³/mol. The number of carbonyl (C=O) groups excluding carboxylic acids is 1. The van der Waals surface area contributed by atoms with E-state index in [0.29, 0.717) is 12.8 Å². The minimum Gasteiger partial charge on any atom is -0.346 e. The summed E-state index contributed by atoms with van der Waals surface area (Å²) in [6, 6.07) is 9.63. The van der Waals surface area contributed by atoms with E-state index < -0.39 is 0 Å². The van der Waals surface area contributed by atoms with E-state index in [0.717, 1.165) is 45.2 Å². The molecule has 3 heterocycles. The van der Waals surface area contributed by atoms with Crippen LogP contribution in [0.3, 0.4) is 0 Å². The largest absolute Gasteiger partial charge is 0.346 e. The first-order valence-corrected chi connectivity index (χ1v) is 9.49. The van der Waals surface area contributed by atoms with Crippen LogP contribution in [-0.2, 0) is 11.2 Å². The Morgan fingerprint density at radius 2 is 2.00 bits per heavy atom. The molecule has 0 fully saturated rings. The van der Waals surface area contributed by atoms with Crippen LogP contribution < -0.4 is 5.32 Å². The van der Waals surface area contributed by atoms with Crippen molar-refractivity contribution in [2.45, 2.75) is 46.6 Å². The molecule has 1 amide bonds. The average Bonchev–Trinajstić information content (AvgIpc) is 3.24. The van der Waals surface area contributed by atoms with E-state index in [1.54, 1.807) is 0 Å². The zero-order valence-electron chi connectivity index (χ0n) is 16.6. The molecule has 1 unspecified atom stereocenters. The van der Waals surface area contributed by atoms with Gasteiger partial charge in [0, 0.05) is 23.9 Å². The molecule has 0 saturated carbocycles. The lowest BCUT2D eigenvalue weighted by Crippen LogP contribution is -2.27. The number of nitrogens with zero attached hydrogens (tertiary/aromatic N) is 4. The van der Waals surface area contributed by atoms with Gasteiger partial charge in [-0.05, 0) is 51.8 Å². The minimum absolute atomic E-state index is 0.0106. The van der Waals surface area contributed by atoms with Gasteiger partial charge in [0.1, 0.15) is 5.82 Å². The molecule has 0 aliphatic rings. The molecule has 1 atom stereocenters. The monoisotopic (exact) mass is 376 g/mol. The number of carbonyl (C=O) groups is 1. The standard InChI is InChI=1S/C21H24N6O/c1-12-11-19-22-13(2)16(15(4)27(19)26-12)9-10-20(28)23-14(3)21-24-17-7-5-6-8-18(17)25-21/h5-8,11,14H,9-10H2,1-4H3,(H,23,28)(H,24,25). The van der Waals surface area contributed by atoms with Crippen LogP contribution >= 0.6 is 0 Å². The van der Waals surface area contributed by atoms with Gasteiger partial charge in [-0.25, -0.2) is 14.5 Å². The van der Waals surface area contributed by atoms with Crippen LogP contribution in [0.1, 0.15) is 47.9 Å². The maximum Gasteiger partial charge on any atom is 0.220 e. The summed E-state index contributed by atoms with van der Waals surface area (Å²) in [4.78, 5) is 25.0. The highest BCUT2D eigenvalue weighted by molar-refractivity contribution is 5.77. The summed E-state index contributed by atoms with van der Waals surface area (Å²) in [5.41, 5.74) is 6.71. The Balaban J connectivity index is 1.45. The Labute approximate surface area is 163 Å². The number of aromatic nitrogens is 5. The van der Waals surface area contributed by atoms with Crippen molar-refractivity contribution >= 4 is 22.6 Å². The lowest BCUT2D eigenvalue weighted by molar-refractivity contribution is -0.121. The van der Waals surface area contributed by atoms with Gasteiger partial charge in [0.05, 0.1) is 22.8 Å². The fourth-order valence-electron chi connectivity index (χ4n) is 3.60. The quantitative estimate of drug-likeness (QED) is 0.559. The number of rotatable bonds is 5. The van der Waals surface area contributed by atoms with Crippen LogP contribution in [0.5, 0.6) is 0 Å². The zero-order chi connectivity index (χ0) is 19.8. The third-order valence-corrected chi connectivity index (χ3v) is 5.08. The van der Waals surface area contributed by atoms with E-state index in [1.807, 2.05) is 62.5 Å². The van der Waals surface area contributed by atoms with E-state index in [9.17, 15) is 4.79 Å². The second kappa shape index (κ2) is 7.07. The molecule has 7 heteroatoms. The van der Waals surface area contributed by atoms with Crippen LogP contribution in [-0.4, -0.2) is 30.5 Å². The van der Waals surface area contributed by atoms with Crippen LogP contribution in [0.25, 0.3) is 16.7 Å². The molecule has 0 spiro atoms. The lowest BCUT2D eigenvalue weighted by Gasteiger charge is -2.13. The van der Waals surface area contributed by atoms with Gasteiger partial charge in [-0.3, -0.25) is 4.79 Å². The summed E-state index contributed by atoms with van der Waals surface area (Å²) in [5.74, 6) is 0.750. The molecule has 1 aromatic carbocycles. The molecule has 28 heavy (non-hydrogen) atoms. The van der Waals surface area contributed by atoms with Gasteiger partial charge >= 0.3 is 0 Å². The van der Waals surface area contributed by atoms with Crippen molar-refractivity contribution in [1.29, 1.82) is 0 Å². The van der Waals surface area contributed by atoms with Gasteiger partial charge in [0.25, 0.3) is 0 Å². The third kappa shape index (κ3) is 3.35. The van der Waals surface area contributed by atoms with E-state index in [1.165, 1.54) is 0 Å². The van der Waals surface area contributed by atoms with Crippen molar-refractivity contribution in [3.05, 3.63) is 58.8 Å². The first-order chi connectivity index (χ1) is 13.4. The number of fused-ring (bicyclic) bond motifs is 2. The number of hydrogen-bond acceptors (Lipinski definition) is 4. The van der Waals surface area contributed by atoms with E-state index in [-0.39, 0.29) is 11.9 Å². The molecule has 0 aliphatic carbocycles. The maximum absolute atomic E-state index is 12.5. The number of imidazole rings is 1. The molecule has 2 N–H and O–H groups in total. The molecule has 0 aliphatic heterocycles. The molecule has 3 aromatic heterocycles. The molecule has 4 rings (SSSR count). The summed E-state index contributed by atoms with van der Waals surface area (Å²) in [5, 5.41) is 7.52. The van der Waals surface area contributed by atoms with E-state index >= 15 is 0 Å². The van der Waals surface area contributed by atoms with Gasteiger partial charge < -0.3 is 10.3 Å². The number of aryl methyl sites for hydroxylation is 3. The van der Waals surface area contributed by atoms with Gasteiger partial charge in [0.2, 0.25) is 5.91 Å². The molecule has 0 bridgehead atoms. The molecule has 144 valence electrons. The number of H-pyrrole nitrogens is 1. The number of benzene rings is 1. The summed E-state index contributed by atoms with van der Waals surface area (Å²) >= 11 is 0. The predicted octanol–water partition coefficient (Wildman–Crippen LogP) is 3.34. The Kier molecular flexibility index (Phi) is 4.58. The summed E-state index contributed by atoms with van der Waals surface area (Å²) in [6.45, 7) is 7.90. The Bertz CT molecular complexity index is 1140. The normalized spacial score (nSPS) is 12.6. The second-order valence-corrected chi connectivity index (χ2v) is 7.25. The zero-order valence-corrected chi connectivity index (χ0v) is 16.6. The van der Waals surface area contributed by atoms with Gasteiger partial charge in [-0.2, -0.15) is 5.10 Å². The first-order valence-electron chi connectivity index (χ1n) is 9.49. The van der Waals surface area contributed by atoms with E-state index in [4.69, 9.17) is 0 Å². The van der Waals surface area contributed by atoms with Crippen molar-refractivity contribution in [2.24, 2.45) is 0 Å². The van der Waals surface area contributed by atoms with Crippen LogP contribution in [0.2, 0.25) is 0 Å². The van der Waals surface area contributed by atoms with Crippen molar-refractivity contribution in [3.63, 3.8) is 0 Å². The van der Waals surface area contributed by atoms with Crippen LogP contribution in [0.15, 0.2) is 30.3 Å². The molecule has 0 saturated heterocycles. The summed E-state index contributed by atoms with van der Waals surface area (Å²) < 4.78 is 1.85. The van der Waals surface area contributed by atoms with Crippen molar-refractivity contribution in [1.82, 2.24) is 29.9 Å². The topological polar surface area (TPSA) is 88.0 Å². The molecular formula is C21H24N6O. The molecular weight excluding hydrogens is 352 g/mol. The molecule has 7 nitrogen and oxygen atoms in total. The highest BCUT2D eigenvalue weighted by Crippen LogP contribution is 2.18. The molecule has 0 radical (unpaired) electrons. The smallest absolute Gasteiger partial charge is 0.220 e. The number of aromatic amines is 1. The number of nitrogens with one attached hydrogen (secondary N) is 2. The second-order valence-electron chi connectivity index (χ2n) is 7.25. The summed E-state index contributed by atoms with van der Waals surface area (Å²) in [6.07, 6.45) is 1.01. The van der Waals surface area contributed by atoms with Crippen LogP contribution in [0, 0.1) is 20.8 Å². The Morgan fingerprint density at radius 1 is 1.21 bits per heavy atom. The van der Waals surface area contributed by atoms with Crippen molar-refractivity contribution < 1.29 is 4.79 Å². The maximum atomic E-state index is 12.5. The number of hydrogen-bond donors (Lipinski definition) is 2. The third-order valence-electron chi connectivity index (χ3n) is 5.08. The van der Waals surface area contributed by atoms with Gasteiger partial charge in [-0.1, -0.05) is 12.1 Å². The van der Waals surface area contributed by atoms with Crippen molar-refractivity contribution in [3.8, 4) is 0 Å². The minimum atomic E-state index is -0.184. The SMILES string of the molecule is Cc1cc2nc(C)c(CCC(=O)NC(C)c3nc4ccccc4[nH]3)c(C)n2n1. The fraction of sp³-hybridized carbons (Fsp3) is 0.333. The highest BCUT2D eigenvalue weighted by Gasteiger charge is 2.16. The first kappa shape index (κ1) is 18.2. The number of para-hydroxylation sites is 2.